The molecule has 6 nitrogen and oxygen atoms in total. The van der Waals surface area contributed by atoms with E-state index in [1.807, 2.05) is 30.3 Å². The minimum absolute atomic E-state index is 0. The standard InChI is InChI=1S/C18H21ClN2O4S.ClH/c1-25-18(22)16-8-7-15(19)13-17(16)26(23,24)21(12-10-20)11-9-14-5-3-2-4-6-14;/h2-8,13H,9-12,20H2,1H3;1H. The van der Waals surface area contributed by atoms with Crippen LogP contribution in [0.5, 0.6) is 0 Å². The zero-order valence-corrected chi connectivity index (χ0v) is 17.2. The summed E-state index contributed by atoms with van der Waals surface area (Å²) < 4.78 is 32.2. The van der Waals surface area contributed by atoms with Gasteiger partial charge in [-0.1, -0.05) is 41.9 Å². The topological polar surface area (TPSA) is 89.7 Å². The van der Waals surface area contributed by atoms with E-state index >= 15 is 0 Å². The lowest BCUT2D eigenvalue weighted by Gasteiger charge is -2.23. The molecule has 0 aliphatic heterocycles. The van der Waals surface area contributed by atoms with Gasteiger partial charge in [-0.05, 0) is 30.2 Å². The Bertz CT molecular complexity index is 861. The van der Waals surface area contributed by atoms with E-state index in [9.17, 15) is 13.2 Å². The van der Waals surface area contributed by atoms with Crippen LogP contribution in [0.25, 0.3) is 0 Å². The third kappa shape index (κ3) is 5.92. The molecular formula is C18H22Cl2N2O4S. The van der Waals surface area contributed by atoms with E-state index in [-0.39, 0.29) is 47.5 Å². The van der Waals surface area contributed by atoms with Gasteiger partial charge in [0.15, 0.2) is 0 Å². The number of rotatable bonds is 8. The number of halogens is 2. The summed E-state index contributed by atoms with van der Waals surface area (Å²) in [5.41, 5.74) is 6.55. The average molecular weight is 433 g/mol. The smallest absolute Gasteiger partial charge is 0.339 e. The van der Waals surface area contributed by atoms with E-state index in [0.717, 1.165) is 5.56 Å². The maximum atomic E-state index is 13.1. The molecule has 0 aliphatic carbocycles. The lowest BCUT2D eigenvalue weighted by molar-refractivity contribution is 0.0596. The molecule has 0 unspecified atom stereocenters. The van der Waals surface area contributed by atoms with Gasteiger partial charge in [0.25, 0.3) is 0 Å². The SMILES string of the molecule is COC(=O)c1ccc(Cl)cc1S(=O)(=O)N(CCN)CCc1ccccc1.Cl. The van der Waals surface area contributed by atoms with Crippen molar-refractivity contribution >= 4 is 40.0 Å². The Labute approximate surface area is 170 Å². The van der Waals surface area contributed by atoms with E-state index in [1.54, 1.807) is 0 Å². The van der Waals surface area contributed by atoms with Gasteiger partial charge in [-0.25, -0.2) is 13.2 Å². The van der Waals surface area contributed by atoms with Gasteiger partial charge in [-0.2, -0.15) is 4.31 Å². The number of hydrogen-bond acceptors (Lipinski definition) is 5. The molecule has 2 aromatic rings. The van der Waals surface area contributed by atoms with Crippen LogP contribution in [0.4, 0.5) is 0 Å². The first-order valence-corrected chi connectivity index (χ1v) is 9.84. The van der Waals surface area contributed by atoms with Crippen LogP contribution in [0, 0.1) is 0 Å². The average Bonchev–Trinajstić information content (AvgIpc) is 2.65. The van der Waals surface area contributed by atoms with Gasteiger partial charge in [0.05, 0.1) is 17.6 Å². The number of benzene rings is 2. The molecule has 0 fully saturated rings. The number of carbonyl (C=O) groups is 1. The number of nitrogens with zero attached hydrogens (tertiary/aromatic N) is 1. The largest absolute Gasteiger partial charge is 0.465 e. The molecule has 0 aliphatic rings. The minimum atomic E-state index is -3.97. The van der Waals surface area contributed by atoms with Gasteiger partial charge in [0.1, 0.15) is 0 Å². The molecule has 148 valence electrons. The molecule has 0 saturated carbocycles. The maximum Gasteiger partial charge on any atom is 0.339 e. The van der Waals surface area contributed by atoms with Gasteiger partial charge < -0.3 is 10.5 Å². The number of nitrogens with two attached hydrogens (primary N) is 1. The van der Waals surface area contributed by atoms with Crippen LogP contribution in [0.2, 0.25) is 5.02 Å². The first-order chi connectivity index (χ1) is 12.4. The number of esters is 1. The van der Waals surface area contributed by atoms with Gasteiger partial charge in [0, 0.05) is 24.7 Å². The Morgan fingerprint density at radius 2 is 1.81 bits per heavy atom. The second-order valence-electron chi connectivity index (χ2n) is 5.56. The van der Waals surface area contributed by atoms with E-state index < -0.39 is 16.0 Å². The second kappa shape index (κ2) is 10.6. The van der Waals surface area contributed by atoms with E-state index in [0.29, 0.717) is 6.42 Å². The fraction of sp³-hybridized carbons (Fsp3) is 0.278. The summed E-state index contributed by atoms with van der Waals surface area (Å²) in [7, 11) is -2.78. The third-order valence-electron chi connectivity index (χ3n) is 3.84. The van der Waals surface area contributed by atoms with Crippen LogP contribution in [-0.2, 0) is 21.2 Å². The zero-order valence-electron chi connectivity index (χ0n) is 14.8. The van der Waals surface area contributed by atoms with Crippen LogP contribution in [-0.4, -0.2) is 45.4 Å². The summed E-state index contributed by atoms with van der Waals surface area (Å²) in [4.78, 5) is 11.8. The molecule has 2 aromatic carbocycles. The molecule has 9 heteroatoms. The Kier molecular flexibility index (Phi) is 9.21. The molecular weight excluding hydrogens is 411 g/mol. The molecule has 0 atom stereocenters. The minimum Gasteiger partial charge on any atom is -0.465 e. The molecule has 2 rings (SSSR count). The monoisotopic (exact) mass is 432 g/mol. The van der Waals surface area contributed by atoms with Crippen molar-refractivity contribution in [1.29, 1.82) is 0 Å². The lowest BCUT2D eigenvalue weighted by Crippen LogP contribution is -2.37. The van der Waals surface area contributed by atoms with Gasteiger partial charge >= 0.3 is 5.97 Å². The second-order valence-corrected chi connectivity index (χ2v) is 7.90. The van der Waals surface area contributed by atoms with Gasteiger partial charge in [-0.15, -0.1) is 12.4 Å². The quantitative estimate of drug-likeness (QED) is 0.647. The Morgan fingerprint density at radius 1 is 1.15 bits per heavy atom. The number of methoxy groups -OCH3 is 1. The van der Waals surface area contributed by atoms with Crippen LogP contribution in [0.1, 0.15) is 15.9 Å². The Hall–Kier alpha value is -1.64. The molecule has 27 heavy (non-hydrogen) atoms. The van der Waals surface area contributed by atoms with Crippen molar-refractivity contribution in [3.63, 3.8) is 0 Å². The number of carbonyl (C=O) groups excluding carboxylic acids is 1. The van der Waals surface area contributed by atoms with Gasteiger partial charge in [-0.3, -0.25) is 0 Å². The fourth-order valence-corrected chi connectivity index (χ4v) is 4.42. The summed E-state index contributed by atoms with van der Waals surface area (Å²) in [5, 5.41) is 0.215. The number of hydrogen-bond donors (Lipinski definition) is 1. The van der Waals surface area contributed by atoms with E-state index in [4.69, 9.17) is 22.1 Å². The summed E-state index contributed by atoms with van der Waals surface area (Å²) in [6, 6.07) is 13.6. The molecule has 2 N–H and O–H groups in total. The highest BCUT2D eigenvalue weighted by Crippen LogP contribution is 2.25. The number of ether oxygens (including phenoxy) is 1. The van der Waals surface area contributed by atoms with Crippen molar-refractivity contribution in [2.24, 2.45) is 5.73 Å². The van der Waals surface area contributed by atoms with Crippen LogP contribution >= 0.6 is 24.0 Å². The Morgan fingerprint density at radius 3 is 2.41 bits per heavy atom. The third-order valence-corrected chi connectivity index (χ3v) is 6.01. The lowest BCUT2D eigenvalue weighted by atomic mass is 10.1. The van der Waals surface area contributed by atoms with Crippen molar-refractivity contribution in [2.75, 3.05) is 26.7 Å². The molecule has 0 amide bonds. The first-order valence-electron chi connectivity index (χ1n) is 8.02. The molecule has 0 heterocycles. The maximum absolute atomic E-state index is 13.1. The molecule has 0 aromatic heterocycles. The van der Waals surface area contributed by atoms with Crippen LogP contribution in [0.15, 0.2) is 53.4 Å². The van der Waals surface area contributed by atoms with Crippen molar-refractivity contribution in [3.8, 4) is 0 Å². The summed E-state index contributed by atoms with van der Waals surface area (Å²) >= 11 is 5.97. The highest BCUT2D eigenvalue weighted by atomic mass is 35.5. The van der Waals surface area contributed by atoms with E-state index in [1.165, 1.54) is 29.6 Å². The normalized spacial score (nSPS) is 11.1. The highest BCUT2D eigenvalue weighted by molar-refractivity contribution is 7.89. The van der Waals surface area contributed by atoms with Crippen LogP contribution < -0.4 is 5.73 Å². The van der Waals surface area contributed by atoms with Crippen molar-refractivity contribution in [3.05, 3.63) is 64.7 Å². The fourth-order valence-electron chi connectivity index (χ4n) is 2.52. The van der Waals surface area contributed by atoms with Crippen molar-refractivity contribution in [1.82, 2.24) is 4.31 Å². The van der Waals surface area contributed by atoms with Crippen molar-refractivity contribution in [2.45, 2.75) is 11.3 Å². The summed E-state index contributed by atoms with van der Waals surface area (Å²) in [6.07, 6.45) is 0.522. The summed E-state index contributed by atoms with van der Waals surface area (Å²) in [6.45, 7) is 0.515. The van der Waals surface area contributed by atoms with Gasteiger partial charge in [0.2, 0.25) is 10.0 Å². The zero-order chi connectivity index (χ0) is 19.2. The summed E-state index contributed by atoms with van der Waals surface area (Å²) in [5.74, 6) is -0.740. The predicted molar refractivity (Wildman–Crippen MR) is 108 cm³/mol. The predicted octanol–water partition coefficient (Wildman–Crippen LogP) is 2.74. The molecule has 0 saturated heterocycles. The molecule has 0 bridgehead atoms. The molecule has 0 radical (unpaired) electrons. The Balaban J connectivity index is 0.00000364. The number of sulfonamides is 1. The molecule has 0 spiro atoms. The highest BCUT2D eigenvalue weighted by Gasteiger charge is 2.29. The van der Waals surface area contributed by atoms with Crippen LogP contribution in [0.3, 0.4) is 0 Å². The van der Waals surface area contributed by atoms with Crippen molar-refractivity contribution < 1.29 is 17.9 Å². The first kappa shape index (κ1) is 23.4. The van der Waals surface area contributed by atoms with E-state index in [2.05, 4.69) is 0 Å².